The Balaban J connectivity index is 3.19. The first-order chi connectivity index (χ1) is 5.85. The van der Waals surface area contributed by atoms with Crippen LogP contribution in [-0.4, -0.2) is 44.3 Å². The molecule has 0 saturated carbocycles. The third-order valence-electron chi connectivity index (χ3n) is 1.86. The zero-order chi connectivity index (χ0) is 9.23. The molecular formula is C9H22N2O. The third-order valence-corrected chi connectivity index (χ3v) is 1.86. The van der Waals surface area contributed by atoms with Crippen molar-refractivity contribution in [1.82, 2.24) is 4.90 Å². The van der Waals surface area contributed by atoms with Crippen molar-refractivity contribution in [2.24, 2.45) is 5.73 Å². The van der Waals surface area contributed by atoms with Crippen LogP contribution in [0.25, 0.3) is 0 Å². The molecule has 0 heterocycles. The molecule has 0 unspecified atom stereocenters. The lowest BCUT2D eigenvalue weighted by molar-refractivity contribution is 0.133. The summed E-state index contributed by atoms with van der Waals surface area (Å²) in [5.41, 5.74) is 5.46. The van der Waals surface area contributed by atoms with E-state index < -0.39 is 0 Å². The van der Waals surface area contributed by atoms with Gasteiger partial charge in [0, 0.05) is 32.8 Å². The Morgan fingerprint density at radius 1 is 1.25 bits per heavy atom. The first-order valence-corrected chi connectivity index (χ1v) is 4.85. The van der Waals surface area contributed by atoms with E-state index in [1.54, 1.807) is 0 Å². The second-order valence-electron chi connectivity index (χ2n) is 2.77. The molecule has 0 rings (SSSR count). The molecule has 3 heteroatoms. The maximum Gasteiger partial charge on any atom is 0.0478 e. The van der Waals surface area contributed by atoms with Gasteiger partial charge in [0.15, 0.2) is 0 Å². The van der Waals surface area contributed by atoms with E-state index >= 15 is 0 Å². The number of hydrogen-bond donors (Lipinski definition) is 1. The van der Waals surface area contributed by atoms with E-state index in [2.05, 4.69) is 11.8 Å². The van der Waals surface area contributed by atoms with Crippen LogP contribution in [0, 0.1) is 0 Å². The molecule has 0 spiro atoms. The minimum Gasteiger partial charge on any atom is -0.382 e. The van der Waals surface area contributed by atoms with E-state index in [-0.39, 0.29) is 0 Å². The Morgan fingerprint density at radius 2 is 2.00 bits per heavy atom. The molecule has 12 heavy (non-hydrogen) atoms. The molecule has 0 atom stereocenters. The minimum absolute atomic E-state index is 0.752. The summed E-state index contributed by atoms with van der Waals surface area (Å²) >= 11 is 0. The summed E-state index contributed by atoms with van der Waals surface area (Å²) < 4.78 is 5.25. The average Bonchev–Trinajstić information content (AvgIpc) is 2.10. The van der Waals surface area contributed by atoms with Gasteiger partial charge in [-0.2, -0.15) is 0 Å². The molecule has 0 aromatic rings. The topological polar surface area (TPSA) is 38.5 Å². The fourth-order valence-corrected chi connectivity index (χ4v) is 1.15. The van der Waals surface area contributed by atoms with Crippen LogP contribution >= 0.6 is 0 Å². The van der Waals surface area contributed by atoms with Crippen LogP contribution in [0.2, 0.25) is 0 Å². The van der Waals surface area contributed by atoms with Crippen molar-refractivity contribution in [3.63, 3.8) is 0 Å². The van der Waals surface area contributed by atoms with Crippen LogP contribution in [0.15, 0.2) is 0 Å². The summed E-state index contributed by atoms with van der Waals surface area (Å²) in [5.74, 6) is 0. The highest BCUT2D eigenvalue weighted by Gasteiger charge is 1.98. The zero-order valence-electron chi connectivity index (χ0n) is 8.38. The molecule has 0 aliphatic heterocycles. The molecular weight excluding hydrogens is 152 g/mol. The van der Waals surface area contributed by atoms with Crippen molar-refractivity contribution in [2.75, 3.05) is 39.4 Å². The molecule has 2 N–H and O–H groups in total. The van der Waals surface area contributed by atoms with Crippen LogP contribution in [-0.2, 0) is 4.74 Å². The standard InChI is InChI=1S/C9H22N2O/c1-3-11(8-6-10)7-5-9-12-4-2/h3-10H2,1-2H3. The maximum atomic E-state index is 5.46. The van der Waals surface area contributed by atoms with Gasteiger partial charge in [0.2, 0.25) is 0 Å². The van der Waals surface area contributed by atoms with Crippen molar-refractivity contribution in [3.8, 4) is 0 Å². The molecule has 0 aliphatic rings. The molecule has 0 fully saturated rings. The van der Waals surface area contributed by atoms with Crippen LogP contribution in [0.1, 0.15) is 20.3 Å². The molecule has 0 radical (unpaired) electrons. The normalized spacial score (nSPS) is 11.0. The predicted molar refractivity (Wildman–Crippen MR) is 52.3 cm³/mol. The van der Waals surface area contributed by atoms with Gasteiger partial charge in [0.1, 0.15) is 0 Å². The van der Waals surface area contributed by atoms with Gasteiger partial charge >= 0.3 is 0 Å². The van der Waals surface area contributed by atoms with E-state index in [0.717, 1.165) is 45.8 Å². The minimum atomic E-state index is 0.752. The Hall–Kier alpha value is -0.120. The molecule has 0 aromatic heterocycles. The third kappa shape index (κ3) is 6.58. The number of rotatable bonds is 8. The summed E-state index contributed by atoms with van der Waals surface area (Å²) in [6.45, 7) is 9.83. The van der Waals surface area contributed by atoms with E-state index in [9.17, 15) is 0 Å². The molecule has 0 aliphatic carbocycles. The number of ether oxygens (including phenoxy) is 1. The Kier molecular flexibility index (Phi) is 8.88. The summed E-state index contributed by atoms with van der Waals surface area (Å²) in [4.78, 5) is 2.35. The molecule has 0 amide bonds. The second kappa shape index (κ2) is 8.97. The van der Waals surface area contributed by atoms with Gasteiger partial charge in [-0.25, -0.2) is 0 Å². The molecule has 3 nitrogen and oxygen atoms in total. The number of hydrogen-bond acceptors (Lipinski definition) is 3. The largest absolute Gasteiger partial charge is 0.382 e. The lowest BCUT2D eigenvalue weighted by Gasteiger charge is -2.18. The van der Waals surface area contributed by atoms with Gasteiger partial charge in [0.25, 0.3) is 0 Å². The fraction of sp³-hybridized carbons (Fsp3) is 1.00. The van der Waals surface area contributed by atoms with Gasteiger partial charge in [-0.15, -0.1) is 0 Å². The Morgan fingerprint density at radius 3 is 2.50 bits per heavy atom. The van der Waals surface area contributed by atoms with Crippen LogP contribution in [0.4, 0.5) is 0 Å². The van der Waals surface area contributed by atoms with Gasteiger partial charge in [-0.3, -0.25) is 0 Å². The van der Waals surface area contributed by atoms with E-state index in [1.165, 1.54) is 0 Å². The highest BCUT2D eigenvalue weighted by molar-refractivity contribution is 4.54. The molecule has 0 aromatic carbocycles. The number of likely N-dealkylation sites (N-methyl/N-ethyl adjacent to an activating group) is 1. The first kappa shape index (κ1) is 11.9. The lowest BCUT2D eigenvalue weighted by atomic mass is 10.4. The Bertz CT molecular complexity index is 88.6. The fourth-order valence-electron chi connectivity index (χ4n) is 1.15. The van der Waals surface area contributed by atoms with Crippen molar-refractivity contribution in [3.05, 3.63) is 0 Å². The lowest BCUT2D eigenvalue weighted by Crippen LogP contribution is -2.30. The average molecular weight is 174 g/mol. The molecule has 0 bridgehead atoms. The maximum absolute atomic E-state index is 5.46. The number of nitrogens with two attached hydrogens (primary N) is 1. The van der Waals surface area contributed by atoms with Crippen LogP contribution < -0.4 is 5.73 Å². The predicted octanol–water partition coefficient (Wildman–Crippen LogP) is 0.694. The highest BCUT2D eigenvalue weighted by Crippen LogP contribution is 1.90. The van der Waals surface area contributed by atoms with Crippen LogP contribution in [0.3, 0.4) is 0 Å². The summed E-state index contributed by atoms with van der Waals surface area (Å²) in [6, 6.07) is 0. The zero-order valence-corrected chi connectivity index (χ0v) is 8.38. The summed E-state index contributed by atoms with van der Waals surface area (Å²) in [7, 11) is 0. The van der Waals surface area contributed by atoms with E-state index in [0.29, 0.717) is 0 Å². The SMILES string of the molecule is CCOCCCN(CC)CCN. The van der Waals surface area contributed by atoms with Gasteiger partial charge in [-0.05, 0) is 19.9 Å². The first-order valence-electron chi connectivity index (χ1n) is 4.85. The highest BCUT2D eigenvalue weighted by atomic mass is 16.5. The van der Waals surface area contributed by atoms with E-state index in [1.807, 2.05) is 6.92 Å². The van der Waals surface area contributed by atoms with Crippen molar-refractivity contribution >= 4 is 0 Å². The second-order valence-corrected chi connectivity index (χ2v) is 2.77. The number of nitrogens with zero attached hydrogens (tertiary/aromatic N) is 1. The monoisotopic (exact) mass is 174 g/mol. The molecule has 74 valence electrons. The van der Waals surface area contributed by atoms with Gasteiger partial charge < -0.3 is 15.4 Å². The van der Waals surface area contributed by atoms with Crippen molar-refractivity contribution in [2.45, 2.75) is 20.3 Å². The van der Waals surface area contributed by atoms with E-state index in [4.69, 9.17) is 10.5 Å². The van der Waals surface area contributed by atoms with Crippen molar-refractivity contribution < 1.29 is 4.74 Å². The summed E-state index contributed by atoms with van der Waals surface area (Å²) in [5, 5.41) is 0. The smallest absolute Gasteiger partial charge is 0.0478 e. The molecule has 0 saturated heterocycles. The quantitative estimate of drug-likeness (QED) is 0.550. The Labute approximate surface area is 75.9 Å². The van der Waals surface area contributed by atoms with Crippen molar-refractivity contribution in [1.29, 1.82) is 0 Å². The van der Waals surface area contributed by atoms with Gasteiger partial charge in [-0.1, -0.05) is 6.92 Å². The van der Waals surface area contributed by atoms with Crippen LogP contribution in [0.5, 0.6) is 0 Å². The van der Waals surface area contributed by atoms with Gasteiger partial charge in [0.05, 0.1) is 0 Å². The summed E-state index contributed by atoms with van der Waals surface area (Å²) in [6.07, 6.45) is 1.11.